The normalized spacial score (nSPS) is 0.889. The Hall–Kier alpha value is -1.53. The summed E-state index contributed by atoms with van der Waals surface area (Å²) in [5.74, 6) is 0. The van der Waals surface area contributed by atoms with Crippen LogP contribution in [-0.2, 0) is 16.8 Å². The van der Waals surface area contributed by atoms with E-state index in [2.05, 4.69) is 26.3 Å². The molecule has 5 heteroatoms. The monoisotopic (exact) mass is 167 g/mol. The average molecular weight is 167 g/mol. The molecule has 0 atom stereocenters. The van der Waals surface area contributed by atoms with Crippen LogP contribution in [0.25, 0.3) is 0 Å². The van der Waals surface area contributed by atoms with Crippen LogP contribution in [0, 0.1) is 47.3 Å². The molecule has 0 N–H and O–H groups in total. The van der Waals surface area contributed by atoms with E-state index in [1.165, 1.54) is 0 Å². The first kappa shape index (κ1) is 51.3. The molecule has 0 unspecified atom stereocenters. The smallest absolute Gasteiger partial charge is 0.0462 e. The quantitative estimate of drug-likeness (QED) is 0.526. The first-order valence-electron chi connectivity index (χ1n) is 1.03. The molecule has 0 rings (SSSR count). The average Bonchev–Trinajstić information content (AvgIpc) is 2.03. The Labute approximate surface area is 64.7 Å². The van der Waals surface area contributed by atoms with Gasteiger partial charge in [0.25, 0.3) is 0 Å². The van der Waals surface area contributed by atoms with Gasteiger partial charge in [0.15, 0.2) is 0 Å². The first-order valence-corrected chi connectivity index (χ1v) is 1.03. The van der Waals surface area contributed by atoms with Gasteiger partial charge < -0.3 is 0 Å². The van der Waals surface area contributed by atoms with Crippen molar-refractivity contribution in [2.45, 2.75) is 0 Å². The van der Waals surface area contributed by atoms with Gasteiger partial charge in [0.1, 0.15) is 0 Å². The molecule has 0 aliphatic heterocycles. The molecule has 0 aliphatic rings. The molecule has 9 heavy (non-hydrogen) atoms. The summed E-state index contributed by atoms with van der Waals surface area (Å²) >= 11 is 0. The largest absolute Gasteiger partial charge is 0.202 e. The predicted molar refractivity (Wildman–Crippen MR) is 26.7 cm³/mol. The molecule has 1 radical (unpaired) electrons. The van der Waals surface area contributed by atoms with Crippen LogP contribution in [-0.4, -0.2) is 0 Å². The van der Waals surface area contributed by atoms with Gasteiger partial charge in [-0.3, -0.25) is 0 Å². The molecule has 0 bridgehead atoms. The van der Waals surface area contributed by atoms with Crippen LogP contribution in [0.1, 0.15) is 0 Å². The Balaban J connectivity index is -0.00000000762. The van der Waals surface area contributed by atoms with Gasteiger partial charge in [-0.25, -0.2) is 21.0 Å². The molecule has 0 aliphatic carbocycles. The van der Waals surface area contributed by atoms with E-state index in [1.807, 2.05) is 0 Å². The van der Waals surface area contributed by atoms with Gasteiger partial charge in [0.2, 0.25) is 0 Å². The van der Waals surface area contributed by atoms with Crippen LogP contribution in [0.2, 0.25) is 0 Å². The van der Waals surface area contributed by atoms with Gasteiger partial charge >= 0.3 is 0 Å². The van der Waals surface area contributed by atoms with Crippen LogP contribution in [0.3, 0.4) is 0 Å². The van der Waals surface area contributed by atoms with Crippen LogP contribution >= 0.6 is 0 Å². The fourth-order valence-corrected chi connectivity index (χ4v) is 0. The molecule has 0 saturated carbocycles. The van der Waals surface area contributed by atoms with E-state index in [-0.39, 0.29) is 16.8 Å². The fraction of sp³-hybridized carbons (Fsp3) is 0. The second kappa shape index (κ2) is 82.2. The van der Waals surface area contributed by atoms with Crippen LogP contribution < -0.4 is 0 Å². The summed E-state index contributed by atoms with van der Waals surface area (Å²) in [5, 5.41) is 26.0. The van der Waals surface area contributed by atoms with E-state index in [0.717, 1.165) is 0 Å². The second-order valence-corrected chi connectivity index (χ2v) is 0. The predicted octanol–water partition coefficient (Wildman–Crippen LogP) is 0.557. The maximum Gasteiger partial charge on any atom is 0.0462 e. The van der Waals surface area contributed by atoms with Gasteiger partial charge in [-0.1, -0.05) is 0 Å². The molecule has 0 spiro atoms. The fourth-order valence-electron chi connectivity index (χ4n) is 0. The molecule has 0 aromatic rings. The maximum absolute atomic E-state index is 6.50. The zero-order valence-corrected chi connectivity index (χ0v) is 5.47. The number of nitrogens with zero attached hydrogens (tertiary/aromatic N) is 4. The Bertz CT molecular complexity index is 55.5. The van der Waals surface area contributed by atoms with Gasteiger partial charge in [-0.05, 0) is 0 Å². The maximum atomic E-state index is 6.50. The Morgan fingerprint density at radius 1 is 0.444 bits per heavy atom. The molecular formula is C4H4CoN4. The second-order valence-electron chi connectivity index (χ2n) is 0. The number of hydrogen-bond donors (Lipinski definition) is 0. The third-order valence-corrected chi connectivity index (χ3v) is 0. The van der Waals surface area contributed by atoms with Crippen molar-refractivity contribution >= 4 is 0 Å². The molecule has 0 aromatic carbocycles. The SMILES string of the molecule is C#N.C#N.C#N.C#N.[Co]. The van der Waals surface area contributed by atoms with Crippen LogP contribution in [0.4, 0.5) is 0 Å². The van der Waals surface area contributed by atoms with Crippen molar-refractivity contribution in [1.29, 1.82) is 21.0 Å². The summed E-state index contributed by atoms with van der Waals surface area (Å²) in [6.45, 7) is 14.0. The molecule has 4 nitrogen and oxygen atoms in total. The van der Waals surface area contributed by atoms with E-state index in [9.17, 15) is 0 Å². The molecule has 0 heterocycles. The van der Waals surface area contributed by atoms with E-state index in [1.54, 1.807) is 0 Å². The van der Waals surface area contributed by atoms with Crippen molar-refractivity contribution in [3.05, 3.63) is 0 Å². The van der Waals surface area contributed by atoms with Gasteiger partial charge in [-0.2, -0.15) is 0 Å². The van der Waals surface area contributed by atoms with E-state index < -0.39 is 0 Å². The molecule has 0 saturated heterocycles. The first-order chi connectivity index (χ1) is 4.00. The van der Waals surface area contributed by atoms with Gasteiger partial charge in [0.05, 0.1) is 0 Å². The van der Waals surface area contributed by atoms with Crippen molar-refractivity contribution in [3.8, 4) is 26.3 Å². The standard InChI is InChI=1S/4CHN.Co/c4*1-2;/h4*1H;. The van der Waals surface area contributed by atoms with E-state index >= 15 is 0 Å². The third-order valence-electron chi connectivity index (χ3n) is 0. The summed E-state index contributed by atoms with van der Waals surface area (Å²) in [6, 6.07) is 0. The minimum Gasteiger partial charge on any atom is -0.202 e. The van der Waals surface area contributed by atoms with E-state index in [4.69, 9.17) is 21.0 Å². The molecule has 0 amide bonds. The van der Waals surface area contributed by atoms with Gasteiger partial charge in [0, 0.05) is 43.1 Å². The van der Waals surface area contributed by atoms with Crippen LogP contribution in [0.15, 0.2) is 0 Å². The van der Waals surface area contributed by atoms with E-state index in [0.29, 0.717) is 0 Å². The van der Waals surface area contributed by atoms with Gasteiger partial charge in [-0.15, -0.1) is 0 Å². The minimum absolute atomic E-state index is 0. The van der Waals surface area contributed by atoms with Crippen molar-refractivity contribution in [2.24, 2.45) is 0 Å². The topological polar surface area (TPSA) is 95.2 Å². The summed E-state index contributed by atoms with van der Waals surface area (Å²) in [6.07, 6.45) is 0. The third kappa shape index (κ3) is 54.9. The molecular weight excluding hydrogens is 163 g/mol. The molecule has 0 fully saturated rings. The van der Waals surface area contributed by atoms with Crippen molar-refractivity contribution < 1.29 is 16.8 Å². The molecule has 0 aromatic heterocycles. The summed E-state index contributed by atoms with van der Waals surface area (Å²) in [5.41, 5.74) is 0. The Kier molecular flexibility index (Phi) is 469. The number of hydrogen-bond acceptors (Lipinski definition) is 4. The minimum atomic E-state index is 0. The summed E-state index contributed by atoms with van der Waals surface area (Å²) in [4.78, 5) is 0. The Morgan fingerprint density at radius 2 is 0.444 bits per heavy atom. The van der Waals surface area contributed by atoms with Crippen molar-refractivity contribution in [2.75, 3.05) is 0 Å². The van der Waals surface area contributed by atoms with Crippen molar-refractivity contribution in [3.63, 3.8) is 0 Å². The van der Waals surface area contributed by atoms with Crippen molar-refractivity contribution in [1.82, 2.24) is 0 Å². The zero-order chi connectivity index (χ0) is 8.00. The Morgan fingerprint density at radius 3 is 0.444 bits per heavy atom. The number of rotatable bonds is 0. The summed E-state index contributed by atoms with van der Waals surface area (Å²) in [7, 11) is 0. The zero-order valence-electron chi connectivity index (χ0n) is 4.43. The number of nitriles is 4. The summed E-state index contributed by atoms with van der Waals surface area (Å²) < 4.78 is 0. The van der Waals surface area contributed by atoms with Crippen LogP contribution in [0.5, 0.6) is 0 Å². The molecule has 49 valence electrons.